The molecule has 2 heterocycles. The van der Waals surface area contributed by atoms with Gasteiger partial charge >= 0.3 is 23.9 Å². The van der Waals surface area contributed by atoms with Crippen molar-refractivity contribution in [2.75, 3.05) is 34.0 Å². The van der Waals surface area contributed by atoms with Crippen molar-refractivity contribution in [1.29, 1.82) is 0 Å². The molecule has 1 aromatic rings. The molecule has 2 aliphatic rings. The number of carbonyl (C=O) groups is 5. The highest BCUT2D eigenvalue weighted by atomic mass is 16.7. The van der Waals surface area contributed by atoms with Crippen LogP contribution in [0.3, 0.4) is 0 Å². The Bertz CT molecular complexity index is 1680. The van der Waals surface area contributed by atoms with Crippen LogP contribution < -0.4 is 9.47 Å². The number of nitrogens with zero attached hydrogens (tertiary/aromatic N) is 1. The molecule has 0 aliphatic carbocycles. The van der Waals surface area contributed by atoms with Crippen LogP contribution in [0.25, 0.3) is 0 Å². The number of benzene rings is 1. The highest BCUT2D eigenvalue weighted by Gasteiger charge is 2.58. The van der Waals surface area contributed by atoms with Gasteiger partial charge in [-0.25, -0.2) is 0 Å². The van der Waals surface area contributed by atoms with Gasteiger partial charge in [0.05, 0.1) is 35.9 Å². The summed E-state index contributed by atoms with van der Waals surface area (Å²) < 4.78 is 54.6. The fourth-order valence-electron chi connectivity index (χ4n) is 6.97. The van der Waals surface area contributed by atoms with Crippen molar-refractivity contribution in [2.24, 2.45) is 21.7 Å². The van der Waals surface area contributed by atoms with E-state index < -0.39 is 94.9 Å². The molecule has 2 saturated heterocycles. The molecule has 2 fully saturated rings. The molecule has 0 amide bonds. The van der Waals surface area contributed by atoms with Gasteiger partial charge in [0.2, 0.25) is 0 Å². The zero-order valence-electron chi connectivity index (χ0n) is 40.2. The maximum absolute atomic E-state index is 14.1. The van der Waals surface area contributed by atoms with E-state index in [-0.39, 0.29) is 24.9 Å². The lowest BCUT2D eigenvalue weighted by atomic mass is 9.85. The van der Waals surface area contributed by atoms with Gasteiger partial charge in [0.25, 0.3) is 0 Å². The topological polar surface area (TPSA) is 172 Å². The van der Waals surface area contributed by atoms with Gasteiger partial charge in [-0.05, 0) is 134 Å². The number of esters is 4. The lowest BCUT2D eigenvalue weighted by Crippen LogP contribution is -2.69. The number of likely N-dealkylation sites (tertiary alicyclic amines) is 1. The first kappa shape index (κ1) is 52.6. The summed E-state index contributed by atoms with van der Waals surface area (Å²) in [5, 5.41) is 0. The number of rotatable bonds is 17. The SMILES string of the molecule is CCOC(C)OCCCC[C@H]1CC(=O)C[C@@H](c2ccc(OC)c(OC)c2)N1[C@@H]1O[C@H](COC(=O)C(C)(C)C)[C@H](OC(=O)C(C)(C)C)[C@H](OC(=O)C(C)(C)C)[C@H]1OC(=O)C(C)(C)C. The Kier molecular flexibility index (Phi) is 18.4. The Balaban J connectivity index is 2.37. The van der Waals surface area contributed by atoms with Gasteiger partial charge < -0.3 is 42.6 Å². The van der Waals surface area contributed by atoms with Crippen LogP contribution in [0.2, 0.25) is 0 Å². The Hall–Kier alpha value is -3.79. The van der Waals surface area contributed by atoms with Crippen molar-refractivity contribution in [1.82, 2.24) is 4.90 Å². The Morgan fingerprint density at radius 1 is 0.710 bits per heavy atom. The standard InChI is InChI=1S/C47H75NO14/c1-17-56-28(2)57-23-19-18-20-30-25-31(49)26-32(29-21-22-33(54-15)34(24-29)55-16)48(30)39-38(62-43(53)47(12,13)14)37(61-42(52)46(9,10)11)36(60-41(51)45(6,7)8)35(59-39)27-58-40(50)44(3,4)5/h21-22,24,28,30,32,35-39H,17-20,23,25-27H2,1-16H3/t28?,30-,32-,35+,36-,37-,38+,39+/m0/s1. The number of methoxy groups -OCH3 is 2. The molecule has 3 rings (SSSR count). The molecule has 62 heavy (non-hydrogen) atoms. The summed E-state index contributed by atoms with van der Waals surface area (Å²) in [5.41, 5.74) is -3.35. The molecule has 0 bridgehead atoms. The Morgan fingerprint density at radius 3 is 1.76 bits per heavy atom. The number of ketones is 1. The third-order valence-corrected chi connectivity index (χ3v) is 10.6. The molecule has 0 N–H and O–H groups in total. The van der Waals surface area contributed by atoms with Gasteiger partial charge in [-0.15, -0.1) is 0 Å². The van der Waals surface area contributed by atoms with Crippen molar-refractivity contribution in [3.8, 4) is 11.5 Å². The van der Waals surface area contributed by atoms with Crippen LogP contribution in [-0.2, 0) is 57.1 Å². The van der Waals surface area contributed by atoms with Gasteiger partial charge in [-0.3, -0.25) is 28.9 Å². The van der Waals surface area contributed by atoms with E-state index in [9.17, 15) is 24.0 Å². The van der Waals surface area contributed by atoms with E-state index in [4.69, 9.17) is 42.6 Å². The van der Waals surface area contributed by atoms with Gasteiger partial charge in [0.15, 0.2) is 42.3 Å². The van der Waals surface area contributed by atoms with E-state index in [1.165, 1.54) is 14.2 Å². The van der Waals surface area contributed by atoms with Crippen molar-refractivity contribution in [3.63, 3.8) is 0 Å². The molecule has 0 saturated carbocycles. The summed E-state index contributed by atoms with van der Waals surface area (Å²) >= 11 is 0. The normalized spacial score (nSPS) is 24.5. The first-order valence-electron chi connectivity index (χ1n) is 21.8. The highest BCUT2D eigenvalue weighted by Crippen LogP contribution is 2.44. The van der Waals surface area contributed by atoms with Gasteiger partial charge in [0.1, 0.15) is 18.5 Å². The maximum Gasteiger partial charge on any atom is 0.311 e. The molecule has 1 aromatic carbocycles. The predicted molar refractivity (Wildman–Crippen MR) is 230 cm³/mol. The number of hydrogen-bond donors (Lipinski definition) is 0. The zero-order chi connectivity index (χ0) is 47.0. The molecule has 2 aliphatic heterocycles. The molecule has 1 unspecified atom stereocenters. The molecular formula is C47H75NO14. The number of hydrogen-bond acceptors (Lipinski definition) is 15. The van der Waals surface area contributed by atoms with E-state index in [2.05, 4.69) is 0 Å². The summed E-state index contributed by atoms with van der Waals surface area (Å²) in [7, 11) is 3.05. The van der Waals surface area contributed by atoms with Crippen LogP contribution in [0.5, 0.6) is 11.5 Å². The minimum absolute atomic E-state index is 0.00495. The summed E-state index contributed by atoms with van der Waals surface area (Å²) in [4.78, 5) is 71.3. The van der Waals surface area contributed by atoms with E-state index in [0.717, 1.165) is 0 Å². The van der Waals surface area contributed by atoms with Crippen LogP contribution in [0.4, 0.5) is 0 Å². The van der Waals surface area contributed by atoms with E-state index >= 15 is 0 Å². The van der Waals surface area contributed by atoms with E-state index in [0.29, 0.717) is 49.5 Å². The van der Waals surface area contributed by atoms with Crippen LogP contribution in [0.15, 0.2) is 18.2 Å². The maximum atomic E-state index is 14.1. The number of carbonyl (C=O) groups excluding carboxylic acids is 5. The average Bonchev–Trinajstić information content (AvgIpc) is 3.16. The van der Waals surface area contributed by atoms with Crippen molar-refractivity contribution >= 4 is 29.7 Å². The van der Waals surface area contributed by atoms with Gasteiger partial charge in [-0.2, -0.15) is 0 Å². The second-order valence-electron chi connectivity index (χ2n) is 20.3. The minimum Gasteiger partial charge on any atom is -0.493 e. The fraction of sp³-hybridized carbons (Fsp3) is 0.766. The zero-order valence-corrected chi connectivity index (χ0v) is 40.2. The van der Waals surface area contributed by atoms with Crippen molar-refractivity contribution in [3.05, 3.63) is 23.8 Å². The number of piperidine rings is 1. The lowest BCUT2D eigenvalue weighted by molar-refractivity contribution is -0.294. The quantitative estimate of drug-likeness (QED) is 0.0650. The molecular weight excluding hydrogens is 803 g/mol. The summed E-state index contributed by atoms with van der Waals surface area (Å²) in [6.07, 6.45) is -5.23. The van der Waals surface area contributed by atoms with Crippen LogP contribution in [-0.4, -0.2) is 112 Å². The van der Waals surface area contributed by atoms with Gasteiger partial charge in [-0.1, -0.05) is 6.07 Å². The third kappa shape index (κ3) is 14.4. The van der Waals surface area contributed by atoms with Crippen LogP contribution >= 0.6 is 0 Å². The van der Waals surface area contributed by atoms with Crippen LogP contribution in [0, 0.1) is 21.7 Å². The van der Waals surface area contributed by atoms with Crippen molar-refractivity contribution in [2.45, 2.75) is 178 Å². The fourth-order valence-corrected chi connectivity index (χ4v) is 6.97. The molecule has 352 valence electrons. The third-order valence-electron chi connectivity index (χ3n) is 10.6. The number of unbranched alkanes of at least 4 members (excludes halogenated alkanes) is 1. The largest absolute Gasteiger partial charge is 0.493 e. The average molecular weight is 878 g/mol. The summed E-state index contributed by atoms with van der Waals surface area (Å²) in [6.45, 7) is 24.5. The van der Waals surface area contributed by atoms with Crippen LogP contribution in [0.1, 0.15) is 141 Å². The molecule has 15 nitrogen and oxygen atoms in total. The molecule has 15 heteroatoms. The summed E-state index contributed by atoms with van der Waals surface area (Å²) in [5.74, 6) is -1.60. The Morgan fingerprint density at radius 2 is 1.24 bits per heavy atom. The summed E-state index contributed by atoms with van der Waals surface area (Å²) in [6, 6.07) is 4.18. The second kappa shape index (κ2) is 21.7. The second-order valence-corrected chi connectivity index (χ2v) is 20.3. The molecule has 0 radical (unpaired) electrons. The first-order chi connectivity index (χ1) is 28.6. The van der Waals surface area contributed by atoms with Crippen molar-refractivity contribution < 1.29 is 66.6 Å². The predicted octanol–water partition coefficient (Wildman–Crippen LogP) is 7.54. The first-order valence-corrected chi connectivity index (χ1v) is 21.8. The molecule has 0 aromatic heterocycles. The Labute approximate surface area is 369 Å². The lowest BCUT2D eigenvalue weighted by Gasteiger charge is -2.53. The van der Waals surface area contributed by atoms with E-state index in [1.807, 2.05) is 24.8 Å². The van der Waals surface area contributed by atoms with E-state index in [1.54, 1.807) is 95.2 Å². The monoisotopic (exact) mass is 878 g/mol. The highest BCUT2D eigenvalue weighted by molar-refractivity contribution is 5.81. The molecule has 0 spiro atoms. The number of ether oxygens (including phenoxy) is 9. The minimum atomic E-state index is -1.46. The smallest absolute Gasteiger partial charge is 0.311 e. The molecule has 8 atom stereocenters. The van der Waals surface area contributed by atoms with Gasteiger partial charge in [0, 0.05) is 38.1 Å². The number of Topliss-reactive ketones (excluding diaryl/α,β-unsaturated/α-hetero) is 1.